The van der Waals surface area contributed by atoms with Gasteiger partial charge in [-0.15, -0.1) is 0 Å². The Morgan fingerprint density at radius 1 is 0.727 bits per heavy atom. The van der Waals surface area contributed by atoms with E-state index in [1.54, 1.807) is 24.3 Å². The van der Waals surface area contributed by atoms with Crippen LogP contribution in [0.5, 0.6) is 0 Å². The first-order chi connectivity index (χ1) is 15.6. The van der Waals surface area contributed by atoms with E-state index in [0.29, 0.717) is 20.6 Å². The van der Waals surface area contributed by atoms with Gasteiger partial charge in [0.05, 0.1) is 37.8 Å². The lowest BCUT2D eigenvalue weighted by Gasteiger charge is -2.30. The van der Waals surface area contributed by atoms with Crippen LogP contribution < -0.4 is 0 Å². The average Bonchev–Trinajstić information content (AvgIpc) is 3.06. The number of hydrogen-bond donors (Lipinski definition) is 0. The molecular formula is C22H10Cl6N2O3. The summed E-state index contributed by atoms with van der Waals surface area (Å²) in [5.41, 5.74) is 0.186. The number of rotatable bonds is 4. The topological polar surface area (TPSA) is 57.7 Å². The van der Waals surface area contributed by atoms with Crippen LogP contribution in [0.4, 0.5) is 0 Å². The molecule has 0 aliphatic carbocycles. The average molecular weight is 563 g/mol. The first-order valence-electron chi connectivity index (χ1n) is 9.19. The second kappa shape index (κ2) is 9.34. The first-order valence-corrected chi connectivity index (χ1v) is 11.5. The van der Waals surface area contributed by atoms with E-state index in [-0.39, 0.29) is 43.3 Å². The summed E-state index contributed by atoms with van der Waals surface area (Å²) in [5.74, 6) is -2.42. The molecule has 5 nitrogen and oxygen atoms in total. The van der Waals surface area contributed by atoms with Crippen LogP contribution in [0.15, 0.2) is 48.5 Å². The van der Waals surface area contributed by atoms with Crippen molar-refractivity contribution in [3.63, 3.8) is 0 Å². The maximum atomic E-state index is 13.5. The van der Waals surface area contributed by atoms with Crippen LogP contribution in [0, 0.1) is 0 Å². The minimum atomic E-state index is -0.880. The van der Waals surface area contributed by atoms with Crippen molar-refractivity contribution in [1.29, 1.82) is 0 Å². The fourth-order valence-electron chi connectivity index (χ4n) is 3.32. The molecule has 4 rings (SSSR count). The molecular weight excluding hydrogens is 553 g/mol. The zero-order valence-electron chi connectivity index (χ0n) is 16.2. The normalized spacial score (nSPS) is 12.8. The van der Waals surface area contributed by atoms with Crippen molar-refractivity contribution in [2.24, 2.45) is 0 Å². The molecule has 0 atom stereocenters. The number of carbonyl (C=O) groups is 3. The van der Waals surface area contributed by atoms with Gasteiger partial charge in [-0.25, -0.2) is 5.01 Å². The van der Waals surface area contributed by atoms with Crippen LogP contribution in [0.3, 0.4) is 0 Å². The SMILES string of the molecule is O=C(c1ccc(Cl)cc1)N(Cc1ccccc1Cl)N1C(=O)c2c(Cl)c(Cl)c(Cl)c(Cl)c2C1=O. The van der Waals surface area contributed by atoms with Gasteiger partial charge in [-0.2, -0.15) is 5.01 Å². The largest absolute Gasteiger partial charge is 0.282 e. The molecule has 3 amide bonds. The molecule has 0 aromatic heterocycles. The maximum absolute atomic E-state index is 13.5. The Morgan fingerprint density at radius 2 is 1.24 bits per heavy atom. The van der Waals surface area contributed by atoms with Crippen LogP contribution in [0.25, 0.3) is 0 Å². The van der Waals surface area contributed by atoms with Gasteiger partial charge in [-0.05, 0) is 35.9 Å². The van der Waals surface area contributed by atoms with Gasteiger partial charge in [-0.1, -0.05) is 87.8 Å². The molecule has 168 valence electrons. The Bertz CT molecular complexity index is 1280. The van der Waals surface area contributed by atoms with E-state index in [4.69, 9.17) is 69.6 Å². The molecule has 11 heteroatoms. The molecule has 1 heterocycles. The Labute approximate surface area is 218 Å². The summed E-state index contributed by atoms with van der Waals surface area (Å²) in [4.78, 5) is 40.2. The van der Waals surface area contributed by atoms with E-state index in [9.17, 15) is 14.4 Å². The van der Waals surface area contributed by atoms with Crippen molar-refractivity contribution in [1.82, 2.24) is 10.0 Å². The lowest BCUT2D eigenvalue weighted by molar-refractivity contribution is 0.000887. The number of halogens is 6. The molecule has 0 N–H and O–H groups in total. The first kappa shape index (κ1) is 24.1. The van der Waals surface area contributed by atoms with Crippen molar-refractivity contribution in [2.45, 2.75) is 6.54 Å². The third kappa shape index (κ3) is 4.18. The zero-order chi connectivity index (χ0) is 24.0. The monoisotopic (exact) mass is 560 g/mol. The van der Waals surface area contributed by atoms with Crippen LogP contribution in [-0.2, 0) is 6.54 Å². The van der Waals surface area contributed by atoms with E-state index < -0.39 is 17.7 Å². The van der Waals surface area contributed by atoms with Gasteiger partial charge >= 0.3 is 0 Å². The van der Waals surface area contributed by atoms with Gasteiger partial charge in [-0.3, -0.25) is 14.4 Å². The number of hydrogen-bond acceptors (Lipinski definition) is 3. The number of hydrazine groups is 1. The lowest BCUT2D eigenvalue weighted by Crippen LogP contribution is -2.49. The third-order valence-corrected chi connectivity index (χ3v) is 7.35. The van der Waals surface area contributed by atoms with Gasteiger partial charge in [0.1, 0.15) is 0 Å². The number of fused-ring (bicyclic) bond motifs is 1. The highest BCUT2D eigenvalue weighted by Gasteiger charge is 2.46. The molecule has 0 bridgehead atoms. The Kier molecular flexibility index (Phi) is 6.83. The number of nitrogens with zero attached hydrogens (tertiary/aromatic N) is 2. The van der Waals surface area contributed by atoms with Crippen molar-refractivity contribution < 1.29 is 14.4 Å². The van der Waals surface area contributed by atoms with Crippen molar-refractivity contribution >= 4 is 87.3 Å². The predicted octanol–water partition coefficient (Wildman–Crippen LogP) is 7.46. The molecule has 0 fully saturated rings. The third-order valence-electron chi connectivity index (χ3n) is 4.92. The minimum Gasteiger partial charge on any atom is -0.267 e. The molecule has 0 spiro atoms. The highest BCUT2D eigenvalue weighted by Crippen LogP contribution is 2.45. The number of amides is 3. The molecule has 0 unspecified atom stereocenters. The predicted molar refractivity (Wildman–Crippen MR) is 130 cm³/mol. The van der Waals surface area contributed by atoms with E-state index in [1.807, 2.05) is 0 Å². The summed E-state index contributed by atoms with van der Waals surface area (Å²) < 4.78 is 0. The number of benzene rings is 3. The standard InChI is InChI=1S/C22H10Cl6N2O3/c23-12-7-5-10(6-8-12)20(31)29(9-11-3-1-2-4-13(11)24)30-21(32)14-15(22(30)33)17(26)19(28)18(27)16(14)25/h1-8H,9H2. The van der Waals surface area contributed by atoms with E-state index in [2.05, 4.69) is 0 Å². The van der Waals surface area contributed by atoms with Crippen molar-refractivity contribution in [3.8, 4) is 0 Å². The van der Waals surface area contributed by atoms with Crippen LogP contribution in [-0.4, -0.2) is 27.7 Å². The molecule has 3 aromatic carbocycles. The van der Waals surface area contributed by atoms with Gasteiger partial charge in [0.15, 0.2) is 0 Å². The van der Waals surface area contributed by atoms with Gasteiger partial charge in [0.25, 0.3) is 17.7 Å². The molecule has 33 heavy (non-hydrogen) atoms. The zero-order valence-corrected chi connectivity index (χ0v) is 20.7. The summed E-state index contributed by atoms with van der Waals surface area (Å²) >= 11 is 36.9. The van der Waals surface area contributed by atoms with E-state index >= 15 is 0 Å². The summed E-state index contributed by atoms with van der Waals surface area (Å²) in [5, 5.41) is 1.55. The van der Waals surface area contributed by atoms with Gasteiger partial charge in [0, 0.05) is 15.6 Å². The summed E-state index contributed by atoms with van der Waals surface area (Å²) in [7, 11) is 0. The smallest absolute Gasteiger partial charge is 0.267 e. The number of carbonyl (C=O) groups excluding carboxylic acids is 3. The molecule has 3 aromatic rings. The van der Waals surface area contributed by atoms with Gasteiger partial charge in [0.2, 0.25) is 0 Å². The van der Waals surface area contributed by atoms with Crippen LogP contribution in [0.1, 0.15) is 36.6 Å². The second-order valence-corrected chi connectivity index (χ2v) is 9.24. The van der Waals surface area contributed by atoms with Crippen molar-refractivity contribution in [3.05, 3.63) is 101 Å². The van der Waals surface area contributed by atoms with Crippen molar-refractivity contribution in [2.75, 3.05) is 0 Å². The Hall–Kier alpha value is -1.99. The Morgan fingerprint density at radius 3 is 1.76 bits per heavy atom. The highest BCUT2D eigenvalue weighted by molar-refractivity contribution is 6.55. The molecule has 1 aliphatic rings. The summed E-state index contributed by atoms with van der Waals surface area (Å²) in [6, 6.07) is 12.7. The number of imide groups is 1. The van der Waals surface area contributed by atoms with Crippen LogP contribution >= 0.6 is 69.6 Å². The quantitative estimate of drug-likeness (QED) is 0.188. The second-order valence-electron chi connectivity index (χ2n) is 6.89. The molecule has 0 radical (unpaired) electrons. The fourth-order valence-corrected chi connectivity index (χ4v) is 4.66. The van der Waals surface area contributed by atoms with E-state index in [1.165, 1.54) is 24.3 Å². The van der Waals surface area contributed by atoms with E-state index in [0.717, 1.165) is 5.01 Å². The summed E-state index contributed by atoms with van der Waals surface area (Å²) in [6.45, 7) is -0.205. The highest BCUT2D eigenvalue weighted by atomic mass is 35.5. The lowest BCUT2D eigenvalue weighted by atomic mass is 10.1. The Balaban J connectivity index is 1.86. The maximum Gasteiger partial charge on any atom is 0.282 e. The fraction of sp³-hybridized carbons (Fsp3) is 0.0455. The summed E-state index contributed by atoms with van der Waals surface area (Å²) in [6.07, 6.45) is 0. The van der Waals surface area contributed by atoms with Crippen LogP contribution in [0.2, 0.25) is 30.1 Å². The minimum absolute atomic E-state index is 0.174. The molecule has 0 saturated carbocycles. The molecule has 0 saturated heterocycles. The van der Waals surface area contributed by atoms with Gasteiger partial charge < -0.3 is 0 Å². The molecule has 1 aliphatic heterocycles.